The Hall–Kier alpha value is -2.18. The number of carbonyl (C=O) groups is 2. The number of likely N-dealkylation sites (N-methyl/N-ethyl adjacent to an activating group) is 1. The van der Waals surface area contributed by atoms with E-state index in [-0.39, 0.29) is 6.04 Å². The van der Waals surface area contributed by atoms with Crippen molar-refractivity contribution in [2.75, 3.05) is 13.6 Å². The van der Waals surface area contributed by atoms with Gasteiger partial charge in [0.05, 0.1) is 6.04 Å². The minimum absolute atomic E-state index is 0.282. The van der Waals surface area contributed by atoms with E-state index in [1.807, 2.05) is 12.1 Å². The Labute approximate surface area is 133 Å². The fourth-order valence-corrected chi connectivity index (χ4v) is 2.12. The lowest BCUT2D eigenvalue weighted by atomic mass is 10.0. The quantitative estimate of drug-likeness (QED) is 0.504. The van der Waals surface area contributed by atoms with Gasteiger partial charge in [0.25, 0.3) is 0 Å². The molecule has 6 nitrogen and oxygen atoms in total. The SMILES string of the molecule is CN1CCC=CC1c1cccnc1Cl.O=C(O)/C=C\C(=O)O. The van der Waals surface area contributed by atoms with Gasteiger partial charge in [-0.1, -0.05) is 29.8 Å². The smallest absolute Gasteiger partial charge is 0.328 e. The summed E-state index contributed by atoms with van der Waals surface area (Å²) in [5.74, 6) is -2.51. The third-order valence-electron chi connectivity index (χ3n) is 2.92. The molecular weight excluding hydrogens is 308 g/mol. The maximum Gasteiger partial charge on any atom is 0.328 e. The molecule has 0 bridgehead atoms. The Morgan fingerprint density at radius 2 is 2.00 bits per heavy atom. The predicted molar refractivity (Wildman–Crippen MR) is 82.8 cm³/mol. The second-order valence-electron chi connectivity index (χ2n) is 4.54. The number of rotatable bonds is 3. The molecule has 2 heterocycles. The molecule has 0 radical (unpaired) electrons. The monoisotopic (exact) mass is 324 g/mol. The Kier molecular flexibility index (Phi) is 7.28. The first kappa shape index (κ1) is 17.9. The number of carboxylic acid groups (broad SMARTS) is 2. The lowest BCUT2D eigenvalue weighted by molar-refractivity contribution is -0.134. The van der Waals surface area contributed by atoms with E-state index in [9.17, 15) is 9.59 Å². The molecule has 1 aromatic rings. The Balaban J connectivity index is 0.000000261. The summed E-state index contributed by atoms with van der Waals surface area (Å²) in [6, 6.07) is 4.24. The van der Waals surface area contributed by atoms with Gasteiger partial charge in [0.1, 0.15) is 5.15 Å². The first-order valence-electron chi connectivity index (χ1n) is 6.53. The van der Waals surface area contributed by atoms with Gasteiger partial charge >= 0.3 is 11.9 Å². The van der Waals surface area contributed by atoms with Crippen LogP contribution in [0.3, 0.4) is 0 Å². The van der Waals surface area contributed by atoms with Crippen LogP contribution in [0.1, 0.15) is 18.0 Å². The summed E-state index contributed by atoms with van der Waals surface area (Å²) in [6.45, 7) is 1.08. The van der Waals surface area contributed by atoms with Gasteiger partial charge in [0.15, 0.2) is 0 Å². The van der Waals surface area contributed by atoms with E-state index in [0.717, 1.165) is 18.5 Å². The van der Waals surface area contributed by atoms with Gasteiger partial charge in [-0.05, 0) is 19.5 Å². The Morgan fingerprint density at radius 1 is 1.36 bits per heavy atom. The van der Waals surface area contributed by atoms with E-state index in [0.29, 0.717) is 17.3 Å². The van der Waals surface area contributed by atoms with E-state index < -0.39 is 11.9 Å². The molecule has 1 atom stereocenters. The summed E-state index contributed by atoms with van der Waals surface area (Å²) in [5.41, 5.74) is 1.09. The van der Waals surface area contributed by atoms with Crippen molar-refractivity contribution < 1.29 is 19.8 Å². The minimum Gasteiger partial charge on any atom is -0.478 e. The topological polar surface area (TPSA) is 90.7 Å². The van der Waals surface area contributed by atoms with Crippen LogP contribution in [0.5, 0.6) is 0 Å². The number of nitrogens with zero attached hydrogens (tertiary/aromatic N) is 2. The molecule has 1 aliphatic heterocycles. The zero-order chi connectivity index (χ0) is 16.5. The van der Waals surface area contributed by atoms with Crippen molar-refractivity contribution in [2.45, 2.75) is 12.5 Å². The fraction of sp³-hybridized carbons (Fsp3) is 0.267. The minimum atomic E-state index is -1.26. The molecule has 0 saturated heterocycles. The average molecular weight is 325 g/mol. The van der Waals surface area contributed by atoms with Gasteiger partial charge in [-0.2, -0.15) is 0 Å². The third-order valence-corrected chi connectivity index (χ3v) is 3.23. The zero-order valence-electron chi connectivity index (χ0n) is 12.0. The van der Waals surface area contributed by atoms with Gasteiger partial charge in [0.2, 0.25) is 0 Å². The van der Waals surface area contributed by atoms with Gasteiger partial charge in [-0.25, -0.2) is 14.6 Å². The maximum absolute atomic E-state index is 9.55. The summed E-state index contributed by atoms with van der Waals surface area (Å²) in [6.07, 6.45) is 8.34. The van der Waals surface area contributed by atoms with Gasteiger partial charge in [-0.15, -0.1) is 0 Å². The van der Waals surface area contributed by atoms with Crippen LogP contribution in [0.2, 0.25) is 5.15 Å². The van der Waals surface area contributed by atoms with E-state index >= 15 is 0 Å². The summed E-state index contributed by atoms with van der Waals surface area (Å²) >= 11 is 6.05. The molecule has 1 aromatic heterocycles. The maximum atomic E-state index is 9.55. The molecular formula is C15H17ClN2O4. The van der Waals surface area contributed by atoms with Crippen LogP contribution in [0.15, 0.2) is 42.6 Å². The van der Waals surface area contributed by atoms with Crippen molar-refractivity contribution in [3.05, 3.63) is 53.4 Å². The van der Waals surface area contributed by atoms with Crippen molar-refractivity contribution in [3.63, 3.8) is 0 Å². The lowest BCUT2D eigenvalue weighted by Crippen LogP contribution is -2.26. The van der Waals surface area contributed by atoms with Crippen molar-refractivity contribution in [2.24, 2.45) is 0 Å². The molecule has 0 saturated carbocycles. The molecule has 22 heavy (non-hydrogen) atoms. The van der Waals surface area contributed by atoms with E-state index in [1.165, 1.54) is 0 Å². The molecule has 7 heteroatoms. The van der Waals surface area contributed by atoms with E-state index in [1.54, 1.807) is 6.20 Å². The van der Waals surface area contributed by atoms with E-state index in [2.05, 4.69) is 29.1 Å². The van der Waals surface area contributed by atoms with Crippen LogP contribution in [-0.2, 0) is 9.59 Å². The van der Waals surface area contributed by atoms with Crippen LogP contribution in [0.25, 0.3) is 0 Å². The predicted octanol–water partition coefficient (Wildman–Crippen LogP) is 2.38. The van der Waals surface area contributed by atoms with Crippen molar-refractivity contribution in [1.82, 2.24) is 9.88 Å². The molecule has 0 aliphatic carbocycles. The molecule has 0 aromatic carbocycles. The second-order valence-corrected chi connectivity index (χ2v) is 4.89. The normalized spacial score (nSPS) is 17.8. The summed E-state index contributed by atoms with van der Waals surface area (Å²) in [5, 5.41) is 16.2. The number of carboxylic acids is 2. The number of hydrogen-bond acceptors (Lipinski definition) is 4. The first-order chi connectivity index (χ1) is 10.4. The number of aliphatic carboxylic acids is 2. The molecule has 118 valence electrons. The second kappa shape index (κ2) is 8.96. The number of halogens is 1. The molecule has 0 spiro atoms. The van der Waals surface area contributed by atoms with Gasteiger partial charge < -0.3 is 10.2 Å². The molecule has 0 fully saturated rings. The summed E-state index contributed by atoms with van der Waals surface area (Å²) < 4.78 is 0. The van der Waals surface area contributed by atoms with Crippen LogP contribution in [0.4, 0.5) is 0 Å². The van der Waals surface area contributed by atoms with Crippen LogP contribution < -0.4 is 0 Å². The number of aromatic nitrogens is 1. The van der Waals surface area contributed by atoms with Crippen LogP contribution in [-0.4, -0.2) is 45.6 Å². The largest absolute Gasteiger partial charge is 0.478 e. The van der Waals surface area contributed by atoms with E-state index in [4.69, 9.17) is 21.8 Å². The average Bonchev–Trinajstić information content (AvgIpc) is 2.47. The van der Waals surface area contributed by atoms with Crippen molar-refractivity contribution in [3.8, 4) is 0 Å². The van der Waals surface area contributed by atoms with Crippen molar-refractivity contribution in [1.29, 1.82) is 0 Å². The fourth-order valence-electron chi connectivity index (χ4n) is 1.89. The molecule has 1 unspecified atom stereocenters. The highest BCUT2D eigenvalue weighted by Gasteiger charge is 2.18. The number of hydrogen-bond donors (Lipinski definition) is 2. The van der Waals surface area contributed by atoms with Gasteiger partial charge in [0, 0.05) is 30.5 Å². The van der Waals surface area contributed by atoms with Crippen LogP contribution >= 0.6 is 11.6 Å². The third kappa shape index (κ3) is 6.07. The first-order valence-corrected chi connectivity index (χ1v) is 6.91. The summed E-state index contributed by atoms with van der Waals surface area (Å²) in [4.78, 5) is 25.5. The number of pyridine rings is 1. The molecule has 2 rings (SSSR count). The molecule has 0 amide bonds. The van der Waals surface area contributed by atoms with Crippen LogP contribution in [0, 0.1) is 0 Å². The Bertz CT molecular complexity index is 571. The van der Waals surface area contributed by atoms with Crippen molar-refractivity contribution >= 4 is 23.5 Å². The highest BCUT2D eigenvalue weighted by Crippen LogP contribution is 2.28. The lowest BCUT2D eigenvalue weighted by Gasteiger charge is -2.28. The Morgan fingerprint density at radius 3 is 2.50 bits per heavy atom. The van der Waals surface area contributed by atoms with Gasteiger partial charge in [-0.3, -0.25) is 4.90 Å². The highest BCUT2D eigenvalue weighted by atomic mass is 35.5. The standard InChI is InChI=1S/C11H13ClN2.C4H4O4/c1-14-8-3-2-6-10(14)9-5-4-7-13-11(9)12;5-3(6)1-2-4(7)8/h2,4-7,10H,3,8H2,1H3;1-2H,(H,5,6)(H,7,8)/b;2-1-. The molecule has 1 aliphatic rings. The summed E-state index contributed by atoms with van der Waals surface area (Å²) in [7, 11) is 2.11. The molecule has 2 N–H and O–H groups in total. The zero-order valence-corrected chi connectivity index (χ0v) is 12.8. The highest BCUT2D eigenvalue weighted by molar-refractivity contribution is 6.30.